The zero-order chi connectivity index (χ0) is 13.0. The number of aromatic nitrogens is 4. The van der Waals surface area contributed by atoms with E-state index in [0.717, 1.165) is 11.4 Å². The lowest BCUT2D eigenvalue weighted by atomic mass is 10.4. The van der Waals surface area contributed by atoms with Gasteiger partial charge >= 0.3 is 0 Å². The van der Waals surface area contributed by atoms with Crippen LogP contribution in [0.25, 0.3) is 11.9 Å². The largest absolute Gasteiger partial charge is 0.253 e. The molecule has 0 amide bonds. The summed E-state index contributed by atoms with van der Waals surface area (Å²) in [5.74, 6) is 1.22. The second-order valence-electron chi connectivity index (χ2n) is 3.81. The van der Waals surface area contributed by atoms with Crippen LogP contribution in [0.1, 0.15) is 24.1 Å². The van der Waals surface area contributed by atoms with Crippen LogP contribution in [0.5, 0.6) is 0 Å². The van der Waals surface area contributed by atoms with E-state index in [1.54, 1.807) is 16.7 Å². The molecule has 6 nitrogen and oxygen atoms in total. The summed E-state index contributed by atoms with van der Waals surface area (Å²) in [5.41, 5.74) is 1.94. The van der Waals surface area contributed by atoms with Gasteiger partial charge in [-0.15, -0.1) is 5.10 Å². The van der Waals surface area contributed by atoms with Crippen LogP contribution in [0.2, 0.25) is 0 Å². The summed E-state index contributed by atoms with van der Waals surface area (Å²) in [5, 5.41) is 4.33. The quantitative estimate of drug-likeness (QED) is 0.458. The molecule has 2 aromatic heterocycles. The molecule has 0 aliphatic rings. The van der Waals surface area contributed by atoms with E-state index < -0.39 is 0 Å². The standard InChI is InChI=1S/C12H16N4O2/c1-4-17-18-7-5-6-11-14-12-13-9(2)8-10(3)16(12)15-11/h5-6,8H,4,7H2,1-3H3/b6-5+. The Kier molecular flexibility index (Phi) is 4.01. The first kappa shape index (κ1) is 12.7. The molecule has 2 heterocycles. The summed E-state index contributed by atoms with van der Waals surface area (Å²) in [7, 11) is 0. The maximum Gasteiger partial charge on any atom is 0.253 e. The summed E-state index contributed by atoms with van der Waals surface area (Å²) >= 11 is 0. The Balaban J connectivity index is 2.13. The third-order valence-electron chi connectivity index (χ3n) is 2.27. The molecule has 0 aliphatic heterocycles. The summed E-state index contributed by atoms with van der Waals surface area (Å²) in [6.45, 7) is 6.68. The summed E-state index contributed by atoms with van der Waals surface area (Å²) in [6.07, 6.45) is 3.58. The second-order valence-corrected chi connectivity index (χ2v) is 3.81. The molecule has 0 bridgehead atoms. The normalized spacial score (nSPS) is 11.7. The van der Waals surface area contributed by atoms with Crippen LogP contribution in [0.3, 0.4) is 0 Å². The van der Waals surface area contributed by atoms with Crippen molar-refractivity contribution in [3.8, 4) is 0 Å². The van der Waals surface area contributed by atoms with Crippen LogP contribution in [0.4, 0.5) is 0 Å². The van der Waals surface area contributed by atoms with Gasteiger partial charge in [-0.05, 0) is 32.9 Å². The Morgan fingerprint density at radius 2 is 2.11 bits per heavy atom. The highest BCUT2D eigenvalue weighted by Gasteiger charge is 2.04. The number of rotatable bonds is 5. The Bertz CT molecular complexity index is 562. The molecule has 96 valence electrons. The van der Waals surface area contributed by atoms with Crippen LogP contribution in [0.15, 0.2) is 12.1 Å². The number of aryl methyl sites for hydroxylation is 2. The van der Waals surface area contributed by atoms with Crippen molar-refractivity contribution < 1.29 is 9.78 Å². The molecule has 0 unspecified atom stereocenters. The second kappa shape index (κ2) is 5.70. The van der Waals surface area contributed by atoms with E-state index in [4.69, 9.17) is 9.78 Å². The van der Waals surface area contributed by atoms with Gasteiger partial charge in [-0.3, -0.25) is 0 Å². The smallest absolute Gasteiger partial charge is 0.237 e. The van der Waals surface area contributed by atoms with E-state index in [9.17, 15) is 0 Å². The molecule has 0 radical (unpaired) electrons. The maximum atomic E-state index is 4.86. The van der Waals surface area contributed by atoms with Gasteiger partial charge in [0.1, 0.15) is 6.61 Å². The van der Waals surface area contributed by atoms with Gasteiger partial charge in [-0.25, -0.2) is 19.3 Å². The predicted molar refractivity (Wildman–Crippen MR) is 66.9 cm³/mol. The highest BCUT2D eigenvalue weighted by Crippen LogP contribution is 2.06. The monoisotopic (exact) mass is 248 g/mol. The molecule has 0 aromatic carbocycles. The van der Waals surface area contributed by atoms with Crippen molar-refractivity contribution in [1.29, 1.82) is 0 Å². The molecule has 2 rings (SSSR count). The highest BCUT2D eigenvalue weighted by molar-refractivity contribution is 5.44. The zero-order valence-corrected chi connectivity index (χ0v) is 10.8. The third-order valence-corrected chi connectivity index (χ3v) is 2.27. The Labute approximate surface area is 105 Å². The van der Waals surface area contributed by atoms with E-state index in [0.29, 0.717) is 24.8 Å². The van der Waals surface area contributed by atoms with Gasteiger partial charge in [0.2, 0.25) is 0 Å². The molecule has 0 N–H and O–H groups in total. The van der Waals surface area contributed by atoms with Gasteiger partial charge in [0.25, 0.3) is 5.78 Å². The molecule has 0 aliphatic carbocycles. The van der Waals surface area contributed by atoms with Crippen molar-refractivity contribution in [1.82, 2.24) is 19.6 Å². The Hall–Kier alpha value is -1.79. The van der Waals surface area contributed by atoms with Crippen LogP contribution in [-0.2, 0) is 9.78 Å². The topological polar surface area (TPSA) is 61.5 Å². The summed E-state index contributed by atoms with van der Waals surface area (Å²) in [4.78, 5) is 18.2. The fourth-order valence-corrected chi connectivity index (χ4v) is 1.58. The lowest BCUT2D eigenvalue weighted by Gasteiger charge is -1.97. The van der Waals surface area contributed by atoms with Gasteiger partial charge in [-0.1, -0.05) is 6.08 Å². The molecule has 0 atom stereocenters. The Morgan fingerprint density at radius 3 is 2.89 bits per heavy atom. The van der Waals surface area contributed by atoms with Gasteiger partial charge in [0.05, 0.1) is 6.61 Å². The molecule has 0 saturated heterocycles. The van der Waals surface area contributed by atoms with Crippen molar-refractivity contribution >= 4 is 11.9 Å². The molecule has 18 heavy (non-hydrogen) atoms. The van der Waals surface area contributed by atoms with E-state index in [1.807, 2.05) is 26.8 Å². The number of nitrogens with zero attached hydrogens (tertiary/aromatic N) is 4. The highest BCUT2D eigenvalue weighted by atomic mass is 17.2. The predicted octanol–water partition coefficient (Wildman–Crippen LogP) is 1.72. The van der Waals surface area contributed by atoms with Crippen LogP contribution in [-0.4, -0.2) is 32.8 Å². The number of hydrogen-bond donors (Lipinski definition) is 0. The fraction of sp³-hybridized carbons (Fsp3) is 0.417. The van der Waals surface area contributed by atoms with E-state index in [2.05, 4.69) is 15.1 Å². The molecule has 0 fully saturated rings. The van der Waals surface area contributed by atoms with Gasteiger partial charge in [0, 0.05) is 11.4 Å². The van der Waals surface area contributed by atoms with Gasteiger partial charge in [-0.2, -0.15) is 4.98 Å². The van der Waals surface area contributed by atoms with Crippen LogP contribution >= 0.6 is 0 Å². The average molecular weight is 248 g/mol. The minimum atomic E-state index is 0.370. The fourth-order valence-electron chi connectivity index (χ4n) is 1.58. The number of fused-ring (bicyclic) bond motifs is 1. The first-order valence-electron chi connectivity index (χ1n) is 5.82. The Morgan fingerprint density at radius 1 is 1.28 bits per heavy atom. The molecule has 0 spiro atoms. The first-order valence-corrected chi connectivity index (χ1v) is 5.82. The van der Waals surface area contributed by atoms with E-state index >= 15 is 0 Å². The lowest BCUT2D eigenvalue weighted by molar-refractivity contribution is -0.282. The maximum absolute atomic E-state index is 4.86. The third kappa shape index (κ3) is 2.91. The van der Waals surface area contributed by atoms with Crippen molar-refractivity contribution in [3.05, 3.63) is 29.4 Å². The lowest BCUT2D eigenvalue weighted by Crippen LogP contribution is -1.97. The average Bonchev–Trinajstić information content (AvgIpc) is 2.72. The zero-order valence-electron chi connectivity index (χ0n) is 10.8. The van der Waals surface area contributed by atoms with Crippen LogP contribution in [0, 0.1) is 13.8 Å². The molecule has 0 saturated carbocycles. The molecule has 2 aromatic rings. The minimum absolute atomic E-state index is 0.370. The van der Waals surface area contributed by atoms with Crippen molar-refractivity contribution in [2.45, 2.75) is 20.8 Å². The summed E-state index contributed by atoms with van der Waals surface area (Å²) < 4.78 is 1.72. The van der Waals surface area contributed by atoms with Crippen LogP contribution < -0.4 is 0 Å². The summed E-state index contributed by atoms with van der Waals surface area (Å²) in [6, 6.07) is 1.97. The van der Waals surface area contributed by atoms with E-state index in [-0.39, 0.29) is 0 Å². The molecular formula is C12H16N4O2. The van der Waals surface area contributed by atoms with E-state index in [1.165, 1.54) is 0 Å². The van der Waals surface area contributed by atoms with Gasteiger partial charge in [0.15, 0.2) is 5.82 Å². The van der Waals surface area contributed by atoms with Crippen molar-refractivity contribution in [3.63, 3.8) is 0 Å². The molecular weight excluding hydrogens is 232 g/mol. The SMILES string of the molecule is CCOOC/C=C/c1nc2nc(C)cc(C)n2n1. The first-order chi connectivity index (χ1) is 8.70. The van der Waals surface area contributed by atoms with Crippen molar-refractivity contribution in [2.75, 3.05) is 13.2 Å². The number of hydrogen-bond acceptors (Lipinski definition) is 5. The molecule has 6 heteroatoms. The minimum Gasteiger partial charge on any atom is -0.237 e. The van der Waals surface area contributed by atoms with Crippen molar-refractivity contribution in [2.24, 2.45) is 0 Å². The van der Waals surface area contributed by atoms with Gasteiger partial charge < -0.3 is 0 Å².